The fourth-order valence-electron chi connectivity index (χ4n) is 5.36. The van der Waals surface area contributed by atoms with Crippen LogP contribution < -0.4 is 5.73 Å². The van der Waals surface area contributed by atoms with Gasteiger partial charge in [-0.1, -0.05) is 18.7 Å². The molecule has 2 aromatic heterocycles. The van der Waals surface area contributed by atoms with Crippen molar-refractivity contribution in [3.8, 4) is 11.1 Å². The average molecular weight is 399 g/mol. The Morgan fingerprint density at radius 1 is 1.07 bits per heavy atom. The first-order valence-corrected chi connectivity index (χ1v) is 10.6. The summed E-state index contributed by atoms with van der Waals surface area (Å²) in [6.45, 7) is 9.01. The molecule has 2 unspecified atom stereocenters. The standard InChI is InChI=1S/C24H26N6/c1-15(29-12-19-10-28(2)11-20(19)13-29)22-9-26-24-6-5-18(14-30(22)24)16-3-4-17-8-23(25)27-21(17)7-16/h3-7,9,14,19-20H,1,8,10-13H2,2H3,(H2,25,27). The van der Waals surface area contributed by atoms with Crippen molar-refractivity contribution >= 4 is 22.9 Å². The number of imidazole rings is 1. The summed E-state index contributed by atoms with van der Waals surface area (Å²) in [5.41, 5.74) is 13.4. The van der Waals surface area contributed by atoms with Gasteiger partial charge in [-0.3, -0.25) is 4.40 Å². The molecule has 30 heavy (non-hydrogen) atoms. The van der Waals surface area contributed by atoms with Crippen LogP contribution >= 0.6 is 0 Å². The monoisotopic (exact) mass is 398 g/mol. The van der Waals surface area contributed by atoms with Crippen molar-refractivity contribution in [2.24, 2.45) is 22.6 Å². The molecule has 6 heteroatoms. The SMILES string of the molecule is C=C(c1cnc2ccc(-c3ccc4c(c3)N=C(N)C4)cn12)N1CC2CN(C)CC2C1. The minimum absolute atomic E-state index is 0.687. The molecule has 2 saturated heterocycles. The van der Waals surface area contributed by atoms with Gasteiger partial charge in [-0.2, -0.15) is 0 Å². The van der Waals surface area contributed by atoms with Crippen LogP contribution in [0.2, 0.25) is 0 Å². The van der Waals surface area contributed by atoms with E-state index in [0.717, 1.165) is 65.2 Å². The molecule has 0 radical (unpaired) electrons. The fraction of sp³-hybridized carbons (Fsp3) is 0.333. The number of hydrogen-bond acceptors (Lipinski definition) is 5. The van der Waals surface area contributed by atoms with E-state index >= 15 is 0 Å². The van der Waals surface area contributed by atoms with Gasteiger partial charge in [0.1, 0.15) is 11.5 Å². The van der Waals surface area contributed by atoms with E-state index in [1.54, 1.807) is 0 Å². The highest BCUT2D eigenvalue weighted by atomic mass is 15.2. The van der Waals surface area contributed by atoms with E-state index in [0.29, 0.717) is 5.84 Å². The molecule has 0 spiro atoms. The van der Waals surface area contributed by atoms with Gasteiger partial charge in [0, 0.05) is 38.8 Å². The maximum Gasteiger partial charge on any atom is 0.137 e. The molecule has 6 rings (SSSR count). The molecule has 0 amide bonds. The zero-order chi connectivity index (χ0) is 20.4. The molecular formula is C24H26N6. The lowest BCUT2D eigenvalue weighted by Gasteiger charge is -2.23. The summed E-state index contributed by atoms with van der Waals surface area (Å²) in [5.74, 6) is 2.19. The molecule has 0 bridgehead atoms. The first-order chi connectivity index (χ1) is 14.5. The van der Waals surface area contributed by atoms with Crippen LogP contribution in [0.3, 0.4) is 0 Å². The molecule has 2 N–H and O–H groups in total. The number of rotatable bonds is 3. The molecule has 3 aliphatic heterocycles. The summed E-state index contributed by atoms with van der Waals surface area (Å²) >= 11 is 0. The second-order valence-electron chi connectivity index (χ2n) is 9.01. The third-order valence-corrected chi connectivity index (χ3v) is 6.91. The second-order valence-corrected chi connectivity index (χ2v) is 9.01. The molecule has 1 aromatic carbocycles. The topological polar surface area (TPSA) is 62.2 Å². The Morgan fingerprint density at radius 2 is 1.83 bits per heavy atom. The van der Waals surface area contributed by atoms with Gasteiger partial charge in [-0.15, -0.1) is 0 Å². The minimum atomic E-state index is 0.687. The van der Waals surface area contributed by atoms with Crippen molar-refractivity contribution in [3.63, 3.8) is 0 Å². The number of hydrogen-bond donors (Lipinski definition) is 1. The predicted octanol–water partition coefficient (Wildman–Crippen LogP) is 3.01. The van der Waals surface area contributed by atoms with Crippen molar-refractivity contribution in [1.29, 1.82) is 0 Å². The van der Waals surface area contributed by atoms with Gasteiger partial charge >= 0.3 is 0 Å². The summed E-state index contributed by atoms with van der Waals surface area (Å²) in [7, 11) is 2.22. The lowest BCUT2D eigenvalue weighted by molar-refractivity contribution is 0.342. The van der Waals surface area contributed by atoms with E-state index in [1.807, 2.05) is 6.20 Å². The van der Waals surface area contributed by atoms with Gasteiger partial charge in [-0.05, 0) is 53.8 Å². The van der Waals surface area contributed by atoms with Crippen LogP contribution in [0.5, 0.6) is 0 Å². The number of pyridine rings is 1. The summed E-state index contributed by atoms with van der Waals surface area (Å²) in [6.07, 6.45) is 4.86. The van der Waals surface area contributed by atoms with Crippen molar-refractivity contribution in [3.05, 3.63) is 60.6 Å². The van der Waals surface area contributed by atoms with Crippen LogP contribution in [-0.2, 0) is 6.42 Å². The quantitative estimate of drug-likeness (QED) is 0.737. The summed E-state index contributed by atoms with van der Waals surface area (Å²) in [6, 6.07) is 10.6. The Balaban J connectivity index is 1.33. The molecule has 0 aliphatic carbocycles. The maximum absolute atomic E-state index is 5.91. The van der Waals surface area contributed by atoms with Crippen LogP contribution in [0, 0.1) is 11.8 Å². The molecule has 2 fully saturated rings. The minimum Gasteiger partial charge on any atom is -0.387 e. The third-order valence-electron chi connectivity index (χ3n) is 6.91. The number of benzene rings is 1. The number of aliphatic imine (C=N–C) groups is 1. The van der Waals surface area contributed by atoms with Crippen molar-refractivity contribution in [1.82, 2.24) is 19.2 Å². The van der Waals surface area contributed by atoms with Crippen molar-refractivity contribution in [2.45, 2.75) is 6.42 Å². The van der Waals surface area contributed by atoms with Crippen LogP contribution in [0.4, 0.5) is 5.69 Å². The maximum atomic E-state index is 5.91. The molecule has 2 atom stereocenters. The number of nitrogens with zero attached hydrogens (tertiary/aromatic N) is 5. The van der Waals surface area contributed by atoms with Gasteiger partial charge in [0.25, 0.3) is 0 Å². The van der Waals surface area contributed by atoms with E-state index in [9.17, 15) is 0 Å². The fourth-order valence-corrected chi connectivity index (χ4v) is 5.36. The van der Waals surface area contributed by atoms with E-state index in [1.165, 1.54) is 18.7 Å². The molecule has 6 nitrogen and oxygen atoms in total. The van der Waals surface area contributed by atoms with Crippen LogP contribution in [0.25, 0.3) is 22.5 Å². The Hall–Kier alpha value is -3.12. The lowest BCUT2D eigenvalue weighted by Crippen LogP contribution is -2.25. The molecule has 3 aromatic rings. The Kier molecular flexibility index (Phi) is 3.80. The van der Waals surface area contributed by atoms with Crippen LogP contribution in [0.1, 0.15) is 11.3 Å². The van der Waals surface area contributed by atoms with Crippen LogP contribution in [0.15, 0.2) is 54.3 Å². The van der Waals surface area contributed by atoms with E-state index in [2.05, 4.69) is 74.3 Å². The van der Waals surface area contributed by atoms with Crippen molar-refractivity contribution < 1.29 is 0 Å². The lowest BCUT2D eigenvalue weighted by atomic mass is 10.0. The van der Waals surface area contributed by atoms with E-state index in [4.69, 9.17) is 5.73 Å². The second kappa shape index (κ2) is 6.44. The van der Waals surface area contributed by atoms with Crippen LogP contribution in [-0.4, -0.2) is 58.2 Å². The van der Waals surface area contributed by atoms with Gasteiger partial charge < -0.3 is 15.5 Å². The first-order valence-electron chi connectivity index (χ1n) is 10.6. The van der Waals surface area contributed by atoms with Gasteiger partial charge in [0.05, 0.1) is 23.3 Å². The molecule has 3 aliphatic rings. The highest BCUT2D eigenvalue weighted by molar-refractivity contribution is 5.91. The zero-order valence-electron chi connectivity index (χ0n) is 17.3. The van der Waals surface area contributed by atoms with Crippen molar-refractivity contribution in [2.75, 3.05) is 33.2 Å². The summed E-state index contributed by atoms with van der Waals surface area (Å²) < 4.78 is 2.17. The molecule has 5 heterocycles. The number of likely N-dealkylation sites (tertiary alicyclic amines) is 2. The van der Waals surface area contributed by atoms with E-state index < -0.39 is 0 Å². The predicted molar refractivity (Wildman–Crippen MR) is 121 cm³/mol. The largest absolute Gasteiger partial charge is 0.387 e. The highest BCUT2D eigenvalue weighted by Crippen LogP contribution is 2.35. The number of aromatic nitrogens is 2. The van der Waals surface area contributed by atoms with Gasteiger partial charge in [-0.25, -0.2) is 9.98 Å². The normalized spacial score (nSPS) is 23.1. The summed E-state index contributed by atoms with van der Waals surface area (Å²) in [4.78, 5) is 14.0. The highest BCUT2D eigenvalue weighted by Gasteiger charge is 2.39. The Bertz CT molecular complexity index is 1190. The smallest absolute Gasteiger partial charge is 0.137 e. The Labute approximate surface area is 176 Å². The molecule has 0 saturated carbocycles. The average Bonchev–Trinajstić information content (AvgIpc) is 3.47. The number of nitrogens with two attached hydrogens (primary N) is 1. The number of amidine groups is 1. The number of fused-ring (bicyclic) bond motifs is 3. The Morgan fingerprint density at radius 3 is 2.63 bits per heavy atom. The first kappa shape index (κ1) is 17.7. The van der Waals surface area contributed by atoms with Gasteiger partial charge in [0.15, 0.2) is 0 Å². The molecular weight excluding hydrogens is 372 g/mol. The van der Waals surface area contributed by atoms with Gasteiger partial charge in [0.2, 0.25) is 0 Å². The summed E-state index contributed by atoms with van der Waals surface area (Å²) in [5, 5.41) is 0. The van der Waals surface area contributed by atoms with E-state index in [-0.39, 0.29) is 0 Å². The zero-order valence-corrected chi connectivity index (χ0v) is 17.3. The molecule has 152 valence electrons. The third kappa shape index (κ3) is 2.75.